The molecule has 18 heavy (non-hydrogen) atoms. The summed E-state index contributed by atoms with van der Waals surface area (Å²) in [6.07, 6.45) is 1.37. The highest BCUT2D eigenvalue weighted by Gasteiger charge is 2.25. The van der Waals surface area contributed by atoms with Crippen molar-refractivity contribution in [1.29, 1.82) is 0 Å². The van der Waals surface area contributed by atoms with E-state index in [0.29, 0.717) is 5.82 Å². The fourth-order valence-corrected chi connectivity index (χ4v) is 1.36. The van der Waals surface area contributed by atoms with Gasteiger partial charge in [0, 0.05) is 7.11 Å². The van der Waals surface area contributed by atoms with Crippen LogP contribution < -0.4 is 0 Å². The van der Waals surface area contributed by atoms with Crippen LogP contribution in [0.15, 0.2) is 6.33 Å². The first kappa shape index (κ1) is 14.6. The van der Waals surface area contributed by atoms with E-state index in [-0.39, 0.29) is 13.2 Å². The van der Waals surface area contributed by atoms with Crippen LogP contribution in [0.2, 0.25) is 0 Å². The first-order chi connectivity index (χ1) is 8.35. The number of methoxy groups -OCH3 is 1. The number of carboxylic acids is 1. The number of hydrogen-bond acceptors (Lipinski definition) is 5. The number of rotatable bonds is 6. The van der Waals surface area contributed by atoms with Gasteiger partial charge in [-0.25, -0.2) is 4.79 Å². The molecule has 0 aromatic carbocycles. The fourth-order valence-electron chi connectivity index (χ4n) is 1.36. The van der Waals surface area contributed by atoms with Crippen molar-refractivity contribution in [2.75, 3.05) is 13.7 Å². The van der Waals surface area contributed by atoms with Crippen LogP contribution in [0, 0.1) is 0 Å². The number of ether oxygens (including phenoxy) is 2. The maximum absolute atomic E-state index is 11.3. The van der Waals surface area contributed by atoms with E-state index in [1.807, 2.05) is 20.8 Å². The summed E-state index contributed by atoms with van der Waals surface area (Å²) in [5, 5.41) is 16.8. The second kappa shape index (κ2) is 5.92. The van der Waals surface area contributed by atoms with E-state index in [1.165, 1.54) is 18.0 Å². The lowest BCUT2D eigenvalue weighted by Crippen LogP contribution is -2.30. The van der Waals surface area contributed by atoms with Gasteiger partial charge in [-0.2, -0.15) is 0 Å². The molecular formula is C11H19N3O4. The van der Waals surface area contributed by atoms with Crippen molar-refractivity contribution in [3.63, 3.8) is 0 Å². The van der Waals surface area contributed by atoms with Gasteiger partial charge in [0.15, 0.2) is 11.9 Å². The zero-order valence-electron chi connectivity index (χ0n) is 11.1. The molecule has 1 rings (SSSR count). The molecule has 7 heteroatoms. The van der Waals surface area contributed by atoms with Crippen molar-refractivity contribution in [2.45, 2.75) is 39.0 Å². The number of carboxylic acid groups (broad SMARTS) is 1. The van der Waals surface area contributed by atoms with Crippen LogP contribution in [0.5, 0.6) is 0 Å². The van der Waals surface area contributed by atoms with E-state index in [2.05, 4.69) is 10.2 Å². The summed E-state index contributed by atoms with van der Waals surface area (Å²) in [5.41, 5.74) is -0.400. The van der Waals surface area contributed by atoms with Crippen molar-refractivity contribution in [3.8, 4) is 0 Å². The van der Waals surface area contributed by atoms with E-state index in [0.717, 1.165) is 0 Å². The van der Waals surface area contributed by atoms with Gasteiger partial charge in [-0.05, 0) is 20.8 Å². The Morgan fingerprint density at radius 2 is 2.22 bits per heavy atom. The zero-order chi connectivity index (χ0) is 13.8. The number of nitrogens with zero attached hydrogens (tertiary/aromatic N) is 3. The molecule has 1 heterocycles. The molecule has 0 amide bonds. The van der Waals surface area contributed by atoms with Crippen LogP contribution >= 0.6 is 0 Å². The van der Waals surface area contributed by atoms with Crippen molar-refractivity contribution in [2.24, 2.45) is 0 Å². The first-order valence-electron chi connectivity index (χ1n) is 5.59. The highest BCUT2D eigenvalue weighted by Crippen LogP contribution is 2.15. The standard InChI is InChI=1S/C11H19N3O4/c1-11(2,3)18-5-8(10(15)16)14-7-12-13-9(14)6-17-4/h7-8H,5-6H2,1-4H3,(H,15,16). The highest BCUT2D eigenvalue weighted by atomic mass is 16.5. The number of carbonyl (C=O) groups is 1. The number of aromatic nitrogens is 3. The van der Waals surface area contributed by atoms with Crippen molar-refractivity contribution < 1.29 is 19.4 Å². The monoisotopic (exact) mass is 257 g/mol. The van der Waals surface area contributed by atoms with Crippen molar-refractivity contribution >= 4 is 5.97 Å². The Hall–Kier alpha value is -1.47. The molecule has 0 aliphatic rings. The lowest BCUT2D eigenvalue weighted by molar-refractivity contribution is -0.144. The third kappa shape index (κ3) is 4.08. The average molecular weight is 257 g/mol. The Morgan fingerprint density at radius 3 is 2.72 bits per heavy atom. The average Bonchev–Trinajstić information content (AvgIpc) is 2.65. The Kier molecular flexibility index (Phi) is 4.80. The van der Waals surface area contributed by atoms with E-state index in [4.69, 9.17) is 9.47 Å². The van der Waals surface area contributed by atoms with Gasteiger partial charge in [0.1, 0.15) is 12.9 Å². The van der Waals surface area contributed by atoms with Crippen LogP contribution in [-0.4, -0.2) is 45.2 Å². The third-order valence-corrected chi connectivity index (χ3v) is 2.22. The van der Waals surface area contributed by atoms with Gasteiger partial charge in [-0.1, -0.05) is 0 Å². The molecule has 1 N–H and O–H groups in total. The van der Waals surface area contributed by atoms with E-state index < -0.39 is 17.6 Å². The molecule has 7 nitrogen and oxygen atoms in total. The summed E-state index contributed by atoms with van der Waals surface area (Å²) in [5.74, 6) is -0.529. The molecule has 1 unspecified atom stereocenters. The van der Waals surface area contributed by atoms with Crippen LogP contribution in [0.4, 0.5) is 0 Å². The molecule has 0 spiro atoms. The van der Waals surface area contributed by atoms with Gasteiger partial charge in [0.25, 0.3) is 0 Å². The summed E-state index contributed by atoms with van der Waals surface area (Å²) in [6, 6.07) is -0.857. The number of hydrogen-bond donors (Lipinski definition) is 1. The summed E-state index contributed by atoms with van der Waals surface area (Å²) >= 11 is 0. The summed E-state index contributed by atoms with van der Waals surface area (Å²) in [7, 11) is 1.51. The summed E-state index contributed by atoms with van der Waals surface area (Å²) in [4.78, 5) is 11.3. The second-order valence-corrected chi connectivity index (χ2v) is 4.86. The number of aliphatic carboxylic acids is 1. The van der Waals surface area contributed by atoms with Gasteiger partial charge in [0.05, 0.1) is 12.2 Å². The summed E-state index contributed by atoms with van der Waals surface area (Å²) < 4.78 is 11.9. The molecule has 1 aromatic rings. The predicted octanol–water partition coefficient (Wildman–Crippen LogP) is 0.865. The molecule has 1 atom stereocenters. The second-order valence-electron chi connectivity index (χ2n) is 4.86. The van der Waals surface area contributed by atoms with E-state index >= 15 is 0 Å². The van der Waals surface area contributed by atoms with Crippen molar-refractivity contribution in [1.82, 2.24) is 14.8 Å². The molecular weight excluding hydrogens is 238 g/mol. The molecule has 0 fully saturated rings. The predicted molar refractivity (Wildman–Crippen MR) is 63.1 cm³/mol. The fraction of sp³-hybridized carbons (Fsp3) is 0.727. The maximum Gasteiger partial charge on any atom is 0.329 e. The van der Waals surface area contributed by atoms with Crippen LogP contribution in [0.3, 0.4) is 0 Å². The smallest absolute Gasteiger partial charge is 0.329 e. The Bertz CT molecular complexity index is 397. The summed E-state index contributed by atoms with van der Waals surface area (Å²) in [6.45, 7) is 5.86. The lowest BCUT2D eigenvalue weighted by Gasteiger charge is -2.23. The molecule has 102 valence electrons. The zero-order valence-corrected chi connectivity index (χ0v) is 11.1. The minimum absolute atomic E-state index is 0.0492. The molecule has 1 aromatic heterocycles. The van der Waals surface area contributed by atoms with Gasteiger partial charge in [-0.3, -0.25) is 4.57 Å². The quantitative estimate of drug-likeness (QED) is 0.813. The van der Waals surface area contributed by atoms with Crippen LogP contribution in [0.1, 0.15) is 32.6 Å². The lowest BCUT2D eigenvalue weighted by atomic mass is 10.2. The molecule has 0 bridgehead atoms. The minimum Gasteiger partial charge on any atom is -0.480 e. The Balaban J connectivity index is 2.84. The molecule has 0 aliphatic heterocycles. The highest BCUT2D eigenvalue weighted by molar-refractivity contribution is 5.72. The van der Waals surface area contributed by atoms with Gasteiger partial charge in [0.2, 0.25) is 0 Å². The van der Waals surface area contributed by atoms with Gasteiger partial charge < -0.3 is 14.6 Å². The van der Waals surface area contributed by atoms with Crippen molar-refractivity contribution in [3.05, 3.63) is 12.2 Å². The van der Waals surface area contributed by atoms with Gasteiger partial charge >= 0.3 is 5.97 Å². The topological polar surface area (TPSA) is 86.5 Å². The third-order valence-electron chi connectivity index (χ3n) is 2.22. The van der Waals surface area contributed by atoms with Crippen LogP contribution in [0.25, 0.3) is 0 Å². The SMILES string of the molecule is COCc1nncn1C(COC(C)(C)C)C(=O)O. The molecule has 0 saturated carbocycles. The Labute approximate surface area is 106 Å². The molecule has 0 saturated heterocycles. The minimum atomic E-state index is -0.989. The van der Waals surface area contributed by atoms with E-state index in [9.17, 15) is 9.90 Å². The van der Waals surface area contributed by atoms with E-state index in [1.54, 1.807) is 0 Å². The first-order valence-corrected chi connectivity index (χ1v) is 5.59. The Morgan fingerprint density at radius 1 is 1.56 bits per heavy atom. The van der Waals surface area contributed by atoms with Gasteiger partial charge in [-0.15, -0.1) is 10.2 Å². The normalized spacial score (nSPS) is 13.6. The maximum atomic E-state index is 11.3. The van der Waals surface area contributed by atoms with Crippen LogP contribution in [-0.2, 0) is 20.9 Å². The largest absolute Gasteiger partial charge is 0.480 e. The molecule has 0 aliphatic carbocycles. The molecule has 0 radical (unpaired) electrons.